The van der Waals surface area contributed by atoms with Crippen molar-refractivity contribution >= 4 is 27.0 Å². The lowest BCUT2D eigenvalue weighted by Gasteiger charge is -2.04. The van der Waals surface area contributed by atoms with Crippen LogP contribution in [-0.2, 0) is 0 Å². The molecule has 0 fully saturated rings. The maximum atomic E-state index is 5.35. The number of fused-ring (bicyclic) bond motifs is 1. The number of rotatable bonds is 2. The fraction of sp³-hybridized carbons (Fsp3) is 0.0909. The standard InChI is InChI=1S/C11H7BrN2O/c1-2-5-15-10-3-4-13-9-6-8(12)7-14-11(9)10/h1,3-4,6-7H,5H2. The fourth-order valence-corrected chi connectivity index (χ4v) is 1.54. The molecule has 0 aliphatic rings. The van der Waals surface area contributed by atoms with Crippen molar-refractivity contribution in [3.05, 3.63) is 29.0 Å². The smallest absolute Gasteiger partial charge is 0.150 e. The van der Waals surface area contributed by atoms with Gasteiger partial charge in [0.15, 0.2) is 0 Å². The van der Waals surface area contributed by atoms with Gasteiger partial charge in [-0.25, -0.2) is 4.98 Å². The van der Waals surface area contributed by atoms with Crippen molar-refractivity contribution in [2.45, 2.75) is 0 Å². The molecule has 0 saturated carbocycles. The number of nitrogens with zero attached hydrogens (tertiary/aromatic N) is 2. The van der Waals surface area contributed by atoms with Crippen LogP contribution in [0, 0.1) is 12.3 Å². The molecular weight excluding hydrogens is 256 g/mol. The van der Waals surface area contributed by atoms with E-state index in [4.69, 9.17) is 11.2 Å². The van der Waals surface area contributed by atoms with Crippen LogP contribution < -0.4 is 4.74 Å². The van der Waals surface area contributed by atoms with Gasteiger partial charge in [0.1, 0.15) is 17.9 Å². The van der Waals surface area contributed by atoms with Crippen molar-refractivity contribution in [1.29, 1.82) is 0 Å². The summed E-state index contributed by atoms with van der Waals surface area (Å²) < 4.78 is 6.24. The molecule has 2 rings (SSSR count). The van der Waals surface area contributed by atoms with Gasteiger partial charge in [0.2, 0.25) is 0 Å². The molecule has 2 heterocycles. The second-order valence-electron chi connectivity index (χ2n) is 2.82. The van der Waals surface area contributed by atoms with E-state index in [-0.39, 0.29) is 6.61 Å². The van der Waals surface area contributed by atoms with Crippen molar-refractivity contribution in [3.8, 4) is 18.1 Å². The minimum absolute atomic E-state index is 0.233. The van der Waals surface area contributed by atoms with Crippen molar-refractivity contribution in [3.63, 3.8) is 0 Å². The molecule has 2 aromatic rings. The molecular formula is C11H7BrN2O. The van der Waals surface area contributed by atoms with Gasteiger partial charge in [-0.15, -0.1) is 6.42 Å². The summed E-state index contributed by atoms with van der Waals surface area (Å²) in [6.45, 7) is 0.233. The molecule has 0 saturated heterocycles. The average Bonchev–Trinajstić information content (AvgIpc) is 2.25. The van der Waals surface area contributed by atoms with Crippen LogP contribution in [0.25, 0.3) is 11.0 Å². The third-order valence-electron chi connectivity index (χ3n) is 1.82. The second-order valence-corrected chi connectivity index (χ2v) is 3.74. The van der Waals surface area contributed by atoms with Crippen LogP contribution in [0.4, 0.5) is 0 Å². The van der Waals surface area contributed by atoms with Gasteiger partial charge >= 0.3 is 0 Å². The molecule has 0 aliphatic heterocycles. The first-order valence-corrected chi connectivity index (χ1v) is 5.07. The quantitative estimate of drug-likeness (QED) is 0.780. The maximum absolute atomic E-state index is 5.35. The first-order chi connectivity index (χ1) is 7.31. The lowest BCUT2D eigenvalue weighted by Crippen LogP contribution is -1.96. The highest BCUT2D eigenvalue weighted by atomic mass is 79.9. The largest absolute Gasteiger partial charge is 0.479 e. The number of hydrogen-bond donors (Lipinski definition) is 0. The van der Waals surface area contributed by atoms with E-state index < -0.39 is 0 Å². The molecule has 15 heavy (non-hydrogen) atoms. The highest BCUT2D eigenvalue weighted by Gasteiger charge is 2.04. The van der Waals surface area contributed by atoms with Crippen LogP contribution in [0.5, 0.6) is 5.75 Å². The molecule has 0 unspecified atom stereocenters. The van der Waals surface area contributed by atoms with Crippen LogP contribution in [0.1, 0.15) is 0 Å². The number of halogens is 1. The summed E-state index contributed by atoms with van der Waals surface area (Å²) in [7, 11) is 0. The normalized spacial score (nSPS) is 9.87. The molecule has 74 valence electrons. The minimum Gasteiger partial charge on any atom is -0.479 e. The molecule has 0 spiro atoms. The Bertz CT molecular complexity index is 534. The molecule has 0 bridgehead atoms. The zero-order chi connectivity index (χ0) is 10.7. The van der Waals surface area contributed by atoms with E-state index in [9.17, 15) is 0 Å². The Hall–Kier alpha value is -1.60. The predicted octanol–water partition coefficient (Wildman–Crippen LogP) is 2.40. The molecule has 3 nitrogen and oxygen atoms in total. The van der Waals surface area contributed by atoms with Gasteiger partial charge in [0, 0.05) is 22.9 Å². The third kappa shape index (κ3) is 2.08. The number of aromatic nitrogens is 2. The number of terminal acetylenes is 1. The Morgan fingerprint density at radius 3 is 3.13 bits per heavy atom. The van der Waals surface area contributed by atoms with Crippen molar-refractivity contribution in [2.24, 2.45) is 0 Å². The van der Waals surface area contributed by atoms with Crippen molar-refractivity contribution in [2.75, 3.05) is 6.61 Å². The number of hydrogen-bond acceptors (Lipinski definition) is 3. The molecule has 0 N–H and O–H groups in total. The summed E-state index contributed by atoms with van der Waals surface area (Å²) in [6.07, 6.45) is 8.50. The van der Waals surface area contributed by atoms with Gasteiger partial charge in [-0.1, -0.05) is 5.92 Å². The summed E-state index contributed by atoms with van der Waals surface area (Å²) in [5.41, 5.74) is 1.50. The van der Waals surface area contributed by atoms with Gasteiger partial charge in [0.05, 0.1) is 5.52 Å². The van der Waals surface area contributed by atoms with E-state index in [2.05, 4.69) is 31.8 Å². The summed E-state index contributed by atoms with van der Waals surface area (Å²) in [6, 6.07) is 3.63. The summed E-state index contributed by atoms with van der Waals surface area (Å²) in [5.74, 6) is 3.07. The first kappa shape index (κ1) is 9.94. The second kappa shape index (κ2) is 4.28. The summed E-state index contributed by atoms with van der Waals surface area (Å²) in [4.78, 5) is 8.42. The average molecular weight is 263 g/mol. The van der Waals surface area contributed by atoms with Gasteiger partial charge in [-0.2, -0.15) is 0 Å². The van der Waals surface area contributed by atoms with Crippen LogP contribution >= 0.6 is 15.9 Å². The summed E-state index contributed by atoms with van der Waals surface area (Å²) >= 11 is 3.33. The molecule has 0 aliphatic carbocycles. The first-order valence-electron chi connectivity index (χ1n) is 4.28. The Morgan fingerprint density at radius 1 is 1.47 bits per heavy atom. The molecule has 0 aromatic carbocycles. The Morgan fingerprint density at radius 2 is 2.33 bits per heavy atom. The van der Waals surface area contributed by atoms with Gasteiger partial charge in [-0.05, 0) is 22.0 Å². The third-order valence-corrected chi connectivity index (χ3v) is 2.25. The van der Waals surface area contributed by atoms with E-state index in [1.165, 1.54) is 0 Å². The van der Waals surface area contributed by atoms with Crippen molar-refractivity contribution in [1.82, 2.24) is 9.97 Å². The topological polar surface area (TPSA) is 35.0 Å². The monoisotopic (exact) mass is 262 g/mol. The summed E-state index contributed by atoms with van der Waals surface area (Å²) in [5, 5.41) is 0. The number of pyridine rings is 2. The lowest BCUT2D eigenvalue weighted by molar-refractivity contribution is 0.374. The van der Waals surface area contributed by atoms with Crippen molar-refractivity contribution < 1.29 is 4.74 Å². The lowest BCUT2D eigenvalue weighted by atomic mass is 10.3. The Balaban J connectivity index is 2.52. The molecule has 0 radical (unpaired) electrons. The van der Waals surface area contributed by atoms with Gasteiger partial charge in [-0.3, -0.25) is 4.98 Å². The minimum atomic E-state index is 0.233. The Labute approximate surface area is 95.6 Å². The zero-order valence-electron chi connectivity index (χ0n) is 7.77. The van der Waals surface area contributed by atoms with E-state index in [1.54, 1.807) is 18.5 Å². The van der Waals surface area contributed by atoms with Crippen LogP contribution in [-0.4, -0.2) is 16.6 Å². The van der Waals surface area contributed by atoms with E-state index in [1.807, 2.05) is 6.07 Å². The highest BCUT2D eigenvalue weighted by molar-refractivity contribution is 9.10. The molecule has 2 aromatic heterocycles. The molecule has 4 heteroatoms. The van der Waals surface area contributed by atoms with E-state index in [0.29, 0.717) is 5.75 Å². The van der Waals surface area contributed by atoms with Crippen LogP contribution in [0.3, 0.4) is 0 Å². The predicted molar refractivity (Wildman–Crippen MR) is 61.6 cm³/mol. The SMILES string of the molecule is C#CCOc1ccnc2cc(Br)cnc12. The molecule has 0 amide bonds. The number of ether oxygens (including phenoxy) is 1. The van der Waals surface area contributed by atoms with E-state index >= 15 is 0 Å². The molecule has 0 atom stereocenters. The van der Waals surface area contributed by atoms with Crippen LogP contribution in [0.15, 0.2) is 29.0 Å². The maximum Gasteiger partial charge on any atom is 0.150 e. The van der Waals surface area contributed by atoms with Gasteiger partial charge < -0.3 is 4.74 Å². The fourth-order valence-electron chi connectivity index (χ4n) is 1.22. The van der Waals surface area contributed by atoms with Crippen LogP contribution in [0.2, 0.25) is 0 Å². The zero-order valence-corrected chi connectivity index (χ0v) is 9.36. The van der Waals surface area contributed by atoms with Gasteiger partial charge in [0.25, 0.3) is 0 Å². The van der Waals surface area contributed by atoms with E-state index in [0.717, 1.165) is 15.5 Å². The highest BCUT2D eigenvalue weighted by Crippen LogP contribution is 2.23. The Kier molecular flexibility index (Phi) is 2.84.